The van der Waals surface area contributed by atoms with Crippen molar-refractivity contribution in [2.24, 2.45) is 0 Å². The van der Waals surface area contributed by atoms with Crippen molar-refractivity contribution in [3.05, 3.63) is 49.8 Å². The van der Waals surface area contributed by atoms with Crippen LogP contribution in [0, 0.1) is 6.92 Å². The molecule has 0 aliphatic carbocycles. The summed E-state index contributed by atoms with van der Waals surface area (Å²) in [5.41, 5.74) is 0.746. The number of ether oxygens (including phenoxy) is 2. The zero-order valence-corrected chi connectivity index (χ0v) is 16.5. The van der Waals surface area contributed by atoms with Gasteiger partial charge in [0.2, 0.25) is 0 Å². The molecule has 0 aliphatic rings. The smallest absolute Gasteiger partial charge is 0.348 e. The lowest BCUT2D eigenvalue weighted by Gasteiger charge is -2.07. The molecule has 6 nitrogen and oxygen atoms in total. The summed E-state index contributed by atoms with van der Waals surface area (Å²) >= 11 is 12.7. The fourth-order valence-electron chi connectivity index (χ4n) is 2.15. The van der Waals surface area contributed by atoms with Crippen LogP contribution in [0.15, 0.2) is 18.2 Å². The van der Waals surface area contributed by atoms with Crippen LogP contribution in [0.25, 0.3) is 0 Å². The fourth-order valence-corrected chi connectivity index (χ4v) is 3.56. The quantitative estimate of drug-likeness (QED) is 0.722. The van der Waals surface area contributed by atoms with E-state index in [2.05, 4.69) is 5.32 Å². The van der Waals surface area contributed by atoms with Gasteiger partial charge in [-0.2, -0.15) is 0 Å². The largest absolute Gasteiger partial charge is 0.465 e. The van der Waals surface area contributed by atoms with Crippen molar-refractivity contribution >= 4 is 57.4 Å². The zero-order chi connectivity index (χ0) is 19.4. The van der Waals surface area contributed by atoms with Gasteiger partial charge in [-0.15, -0.1) is 11.3 Å². The van der Waals surface area contributed by atoms with E-state index in [9.17, 15) is 14.4 Å². The Kier molecular flexibility index (Phi) is 6.63. The molecule has 0 spiro atoms. The van der Waals surface area contributed by atoms with Crippen molar-refractivity contribution in [2.75, 3.05) is 19.0 Å². The molecular formula is C17H15Cl2NO5S. The summed E-state index contributed by atoms with van der Waals surface area (Å²) in [6, 6.07) is 4.39. The maximum Gasteiger partial charge on any atom is 0.348 e. The van der Waals surface area contributed by atoms with E-state index in [0.29, 0.717) is 10.6 Å². The molecule has 0 atom stereocenters. The number of carbonyl (C=O) groups excluding carboxylic acids is 3. The predicted octanol–water partition coefficient (Wildman–Crippen LogP) is 4.58. The number of rotatable bonds is 5. The van der Waals surface area contributed by atoms with Gasteiger partial charge >= 0.3 is 11.9 Å². The summed E-state index contributed by atoms with van der Waals surface area (Å²) in [4.78, 5) is 36.9. The third-order valence-corrected chi connectivity index (χ3v) is 5.33. The first-order valence-electron chi connectivity index (χ1n) is 7.45. The molecule has 2 rings (SSSR count). The Morgan fingerprint density at radius 3 is 2.42 bits per heavy atom. The predicted molar refractivity (Wildman–Crippen MR) is 101 cm³/mol. The number of anilines is 1. The molecule has 138 valence electrons. The Balaban J connectivity index is 2.43. The van der Waals surface area contributed by atoms with Gasteiger partial charge in [-0.25, -0.2) is 9.59 Å². The molecule has 0 saturated heterocycles. The van der Waals surface area contributed by atoms with Crippen LogP contribution in [0.1, 0.15) is 42.9 Å². The highest BCUT2D eigenvalue weighted by Crippen LogP contribution is 2.35. The number of benzene rings is 1. The highest BCUT2D eigenvalue weighted by Gasteiger charge is 2.27. The number of nitrogens with one attached hydrogen (secondary N) is 1. The van der Waals surface area contributed by atoms with E-state index in [1.54, 1.807) is 13.8 Å². The van der Waals surface area contributed by atoms with Gasteiger partial charge in [-0.05, 0) is 37.6 Å². The van der Waals surface area contributed by atoms with Crippen LogP contribution in [0.2, 0.25) is 10.0 Å². The van der Waals surface area contributed by atoms with E-state index in [1.807, 2.05) is 0 Å². The Hall–Kier alpha value is -2.09. The summed E-state index contributed by atoms with van der Waals surface area (Å²) in [5.74, 6) is -1.75. The number of hydrogen-bond acceptors (Lipinski definition) is 6. The van der Waals surface area contributed by atoms with Gasteiger partial charge < -0.3 is 14.8 Å². The van der Waals surface area contributed by atoms with Crippen molar-refractivity contribution in [3.63, 3.8) is 0 Å². The molecule has 0 unspecified atom stereocenters. The van der Waals surface area contributed by atoms with E-state index in [-0.39, 0.29) is 32.6 Å². The standard InChI is InChI=1S/C17H15Cl2NO5S/c1-4-25-16(22)12-8(2)13(17(23)24-3)26-15(12)20-14(21)9-5-6-10(18)11(19)7-9/h5-7H,4H2,1-3H3,(H,20,21). The molecule has 1 amide bonds. The molecule has 2 aromatic rings. The second-order valence-corrected chi connectivity index (χ2v) is 6.89. The van der Waals surface area contributed by atoms with Gasteiger partial charge in [0.25, 0.3) is 5.91 Å². The average molecular weight is 416 g/mol. The maximum absolute atomic E-state index is 12.5. The molecular weight excluding hydrogens is 401 g/mol. The third-order valence-electron chi connectivity index (χ3n) is 3.41. The topological polar surface area (TPSA) is 81.7 Å². The van der Waals surface area contributed by atoms with Gasteiger partial charge in [0.15, 0.2) is 0 Å². The molecule has 9 heteroatoms. The van der Waals surface area contributed by atoms with E-state index in [4.69, 9.17) is 32.7 Å². The number of hydrogen-bond donors (Lipinski definition) is 1. The molecule has 0 radical (unpaired) electrons. The van der Waals surface area contributed by atoms with Crippen LogP contribution in [0.5, 0.6) is 0 Å². The maximum atomic E-state index is 12.5. The Morgan fingerprint density at radius 2 is 1.85 bits per heavy atom. The molecule has 1 N–H and O–H groups in total. The first-order chi connectivity index (χ1) is 12.3. The van der Waals surface area contributed by atoms with Crippen LogP contribution in [-0.4, -0.2) is 31.6 Å². The van der Waals surface area contributed by atoms with Crippen LogP contribution >= 0.6 is 34.5 Å². The van der Waals surface area contributed by atoms with E-state index in [0.717, 1.165) is 11.3 Å². The summed E-state index contributed by atoms with van der Waals surface area (Å²) in [7, 11) is 1.24. The molecule has 0 aliphatic heterocycles. The van der Waals surface area contributed by atoms with E-state index < -0.39 is 17.8 Å². The van der Waals surface area contributed by atoms with Gasteiger partial charge in [0.05, 0.1) is 29.3 Å². The highest BCUT2D eigenvalue weighted by atomic mass is 35.5. The lowest BCUT2D eigenvalue weighted by molar-refractivity contribution is 0.0527. The van der Waals surface area contributed by atoms with Crippen LogP contribution < -0.4 is 5.32 Å². The normalized spacial score (nSPS) is 10.3. The fraction of sp³-hybridized carbons (Fsp3) is 0.235. The van der Waals surface area contributed by atoms with E-state index >= 15 is 0 Å². The molecule has 1 heterocycles. The van der Waals surface area contributed by atoms with Gasteiger partial charge in [0.1, 0.15) is 9.88 Å². The van der Waals surface area contributed by atoms with Crippen molar-refractivity contribution in [1.82, 2.24) is 0 Å². The molecule has 26 heavy (non-hydrogen) atoms. The first-order valence-corrected chi connectivity index (χ1v) is 9.02. The number of amides is 1. The lowest BCUT2D eigenvalue weighted by Crippen LogP contribution is -2.15. The van der Waals surface area contributed by atoms with Crippen molar-refractivity contribution < 1.29 is 23.9 Å². The number of carbonyl (C=O) groups is 3. The minimum absolute atomic E-state index is 0.116. The van der Waals surface area contributed by atoms with Crippen molar-refractivity contribution in [1.29, 1.82) is 0 Å². The second kappa shape index (κ2) is 8.53. The van der Waals surface area contributed by atoms with Crippen LogP contribution in [0.3, 0.4) is 0 Å². The van der Waals surface area contributed by atoms with E-state index in [1.165, 1.54) is 25.3 Å². The van der Waals surface area contributed by atoms with Crippen molar-refractivity contribution in [2.45, 2.75) is 13.8 Å². The number of methoxy groups -OCH3 is 1. The molecule has 0 saturated carbocycles. The number of halogens is 2. The minimum atomic E-state index is -0.638. The molecule has 1 aromatic heterocycles. The first kappa shape index (κ1) is 20.2. The molecule has 0 fully saturated rings. The molecule has 1 aromatic carbocycles. The summed E-state index contributed by atoms with van der Waals surface area (Å²) in [6.07, 6.45) is 0. The number of esters is 2. The van der Waals surface area contributed by atoms with Gasteiger partial charge in [-0.3, -0.25) is 4.79 Å². The highest BCUT2D eigenvalue weighted by molar-refractivity contribution is 7.18. The second-order valence-electron chi connectivity index (χ2n) is 5.06. The Bertz CT molecular complexity index is 878. The summed E-state index contributed by atoms with van der Waals surface area (Å²) in [6.45, 7) is 3.40. The molecule has 0 bridgehead atoms. The lowest BCUT2D eigenvalue weighted by atomic mass is 10.1. The zero-order valence-electron chi connectivity index (χ0n) is 14.1. The average Bonchev–Trinajstić information content (AvgIpc) is 2.92. The van der Waals surface area contributed by atoms with Crippen LogP contribution in [-0.2, 0) is 9.47 Å². The third kappa shape index (κ3) is 4.17. The van der Waals surface area contributed by atoms with Crippen molar-refractivity contribution in [3.8, 4) is 0 Å². The Morgan fingerprint density at radius 1 is 1.15 bits per heavy atom. The minimum Gasteiger partial charge on any atom is -0.465 e. The SMILES string of the molecule is CCOC(=O)c1c(NC(=O)c2ccc(Cl)c(Cl)c2)sc(C(=O)OC)c1C. The van der Waals surface area contributed by atoms with Crippen LogP contribution in [0.4, 0.5) is 5.00 Å². The summed E-state index contributed by atoms with van der Waals surface area (Å²) in [5, 5.41) is 3.35. The monoisotopic (exact) mass is 415 g/mol. The summed E-state index contributed by atoms with van der Waals surface area (Å²) < 4.78 is 9.74. The van der Waals surface area contributed by atoms with Gasteiger partial charge in [0, 0.05) is 5.56 Å². The Labute approximate surface area is 164 Å². The number of thiophene rings is 1. The van der Waals surface area contributed by atoms with Gasteiger partial charge in [-0.1, -0.05) is 23.2 Å².